The first-order chi connectivity index (χ1) is 9.70. The van der Waals surface area contributed by atoms with E-state index in [4.69, 9.17) is 4.74 Å². The van der Waals surface area contributed by atoms with E-state index in [1.165, 1.54) is 0 Å². The molecule has 2 amide bonds. The molecular formula is C15H28N2O4. The van der Waals surface area contributed by atoms with Crippen molar-refractivity contribution in [3.05, 3.63) is 5.21 Å². The smallest absolute Gasteiger partial charge is 0.494 e. The number of carbonyl (C=O) groups is 2. The predicted molar refractivity (Wildman–Crippen MR) is 82.2 cm³/mol. The van der Waals surface area contributed by atoms with Crippen molar-refractivity contribution in [2.75, 3.05) is 13.2 Å². The minimum Gasteiger partial charge on any atom is -0.708 e. The lowest BCUT2D eigenvalue weighted by atomic mass is 9.77. The molecule has 0 radical (unpaired) electrons. The van der Waals surface area contributed by atoms with Gasteiger partial charge in [-0.25, -0.2) is 10.1 Å². The topological polar surface area (TPSA) is 81.5 Å². The highest BCUT2D eigenvalue weighted by molar-refractivity contribution is 5.83. The van der Waals surface area contributed by atoms with Gasteiger partial charge in [-0.1, -0.05) is 27.7 Å². The van der Waals surface area contributed by atoms with Crippen LogP contribution in [0.15, 0.2) is 0 Å². The Kier molecular flexibility index (Phi) is 7.99. The molecule has 0 saturated carbocycles. The maximum atomic E-state index is 12.1. The quantitative estimate of drug-likeness (QED) is 0.196. The second kappa shape index (κ2) is 8.64. The third-order valence-electron chi connectivity index (χ3n) is 4.13. The van der Waals surface area contributed by atoms with Gasteiger partial charge in [-0.2, -0.15) is 4.79 Å². The first-order valence-corrected chi connectivity index (χ1v) is 7.45. The van der Waals surface area contributed by atoms with Gasteiger partial charge in [-0.3, -0.25) is 4.79 Å². The van der Waals surface area contributed by atoms with Crippen LogP contribution in [0.3, 0.4) is 0 Å². The minimum atomic E-state index is -0.729. The van der Waals surface area contributed by atoms with Crippen molar-refractivity contribution in [2.24, 2.45) is 11.3 Å². The van der Waals surface area contributed by atoms with Gasteiger partial charge in [0.05, 0.1) is 11.1 Å². The van der Waals surface area contributed by atoms with Crippen molar-refractivity contribution < 1.29 is 19.1 Å². The predicted octanol–water partition coefficient (Wildman–Crippen LogP) is 2.69. The maximum Gasteiger partial charge on any atom is 0.494 e. The fraction of sp³-hybridized carbons (Fsp3) is 0.800. The van der Waals surface area contributed by atoms with Crippen LogP contribution < -0.4 is 5.32 Å². The SMILES string of the molecule is CC/C(C)=[N+](/[O-])C(=O)NCCOC(=O)C(C)(CC)C(C)C. The molecule has 0 aromatic heterocycles. The second-order valence-corrected chi connectivity index (χ2v) is 5.68. The van der Waals surface area contributed by atoms with Gasteiger partial charge in [0, 0.05) is 6.42 Å². The summed E-state index contributed by atoms with van der Waals surface area (Å²) in [5.74, 6) is -0.104. The van der Waals surface area contributed by atoms with Crippen molar-refractivity contribution >= 4 is 17.7 Å². The average Bonchev–Trinajstić information content (AvgIpc) is 2.47. The van der Waals surface area contributed by atoms with Gasteiger partial charge >= 0.3 is 12.0 Å². The molecule has 0 aliphatic rings. The lowest BCUT2D eigenvalue weighted by molar-refractivity contribution is -0.353. The third-order valence-corrected chi connectivity index (χ3v) is 4.13. The highest BCUT2D eigenvalue weighted by atomic mass is 16.5. The molecule has 1 atom stereocenters. The fourth-order valence-corrected chi connectivity index (χ4v) is 1.64. The number of hydroxylamine groups is 1. The van der Waals surface area contributed by atoms with E-state index in [-0.39, 0.29) is 25.0 Å². The summed E-state index contributed by atoms with van der Waals surface area (Å²) in [5.41, 5.74) is -0.0934. The third kappa shape index (κ3) is 5.36. The monoisotopic (exact) mass is 300 g/mol. The molecule has 0 spiro atoms. The first kappa shape index (κ1) is 19.4. The van der Waals surface area contributed by atoms with Gasteiger partial charge in [-0.05, 0) is 26.2 Å². The molecule has 21 heavy (non-hydrogen) atoms. The van der Waals surface area contributed by atoms with Crippen LogP contribution in [0.4, 0.5) is 4.79 Å². The highest BCUT2D eigenvalue weighted by Gasteiger charge is 2.36. The maximum absolute atomic E-state index is 12.1. The molecule has 0 aromatic rings. The van der Waals surface area contributed by atoms with E-state index in [1.807, 2.05) is 27.7 Å². The van der Waals surface area contributed by atoms with Gasteiger partial charge in [0.25, 0.3) is 0 Å². The number of nitrogens with zero attached hydrogens (tertiary/aromatic N) is 1. The summed E-state index contributed by atoms with van der Waals surface area (Å²) in [6, 6.07) is -0.729. The van der Waals surface area contributed by atoms with Crippen LogP contribution in [0.25, 0.3) is 0 Å². The molecule has 6 heteroatoms. The van der Waals surface area contributed by atoms with Crippen molar-refractivity contribution in [3.63, 3.8) is 0 Å². The van der Waals surface area contributed by atoms with Crippen molar-refractivity contribution in [1.82, 2.24) is 5.32 Å². The number of urea groups is 1. The Morgan fingerprint density at radius 2 is 1.90 bits per heavy atom. The summed E-state index contributed by atoms with van der Waals surface area (Å²) in [6.45, 7) is 11.4. The molecule has 0 saturated heterocycles. The average molecular weight is 300 g/mol. The lowest BCUT2D eigenvalue weighted by Crippen LogP contribution is -2.38. The van der Waals surface area contributed by atoms with E-state index >= 15 is 0 Å². The van der Waals surface area contributed by atoms with E-state index in [0.29, 0.717) is 23.3 Å². The molecule has 0 aliphatic carbocycles. The number of hydrogen-bond acceptors (Lipinski definition) is 4. The second-order valence-electron chi connectivity index (χ2n) is 5.68. The lowest BCUT2D eigenvalue weighted by Gasteiger charge is -2.29. The number of ether oxygens (including phenoxy) is 1. The van der Waals surface area contributed by atoms with Gasteiger partial charge in [-0.15, -0.1) is 0 Å². The molecule has 6 nitrogen and oxygen atoms in total. The Balaban J connectivity index is 4.29. The van der Waals surface area contributed by atoms with Gasteiger partial charge in [0.15, 0.2) is 0 Å². The summed E-state index contributed by atoms with van der Waals surface area (Å²) < 4.78 is 5.52. The molecule has 0 rings (SSSR count). The number of hydrogen-bond donors (Lipinski definition) is 1. The number of carbonyl (C=O) groups excluding carboxylic acids is 2. The van der Waals surface area contributed by atoms with Crippen molar-refractivity contribution in [2.45, 2.75) is 54.4 Å². The summed E-state index contributed by atoms with van der Waals surface area (Å²) in [6.07, 6.45) is 1.20. The molecule has 122 valence electrons. The highest BCUT2D eigenvalue weighted by Crippen LogP contribution is 2.32. The van der Waals surface area contributed by atoms with Gasteiger partial charge in [0.1, 0.15) is 13.2 Å². The Bertz CT molecular complexity index is 404. The molecule has 0 bridgehead atoms. The standard InChI is InChI=1S/C15H28N2O4/c1-7-12(5)17(20)14(19)16-9-10-21-13(18)15(6,8-2)11(3)4/h11H,7-10H2,1-6H3,(H,16,19)/b17-12+. The van der Waals surface area contributed by atoms with Crippen LogP contribution in [-0.2, 0) is 9.53 Å². The van der Waals surface area contributed by atoms with E-state index in [0.717, 1.165) is 0 Å². The van der Waals surface area contributed by atoms with Gasteiger partial charge in [0.2, 0.25) is 0 Å². The summed E-state index contributed by atoms with van der Waals surface area (Å²) in [5, 5.41) is 13.9. The molecule has 1 unspecified atom stereocenters. The molecule has 1 N–H and O–H groups in total. The van der Waals surface area contributed by atoms with Gasteiger partial charge < -0.3 is 9.94 Å². The zero-order valence-electron chi connectivity index (χ0n) is 14.0. The van der Waals surface area contributed by atoms with Crippen molar-refractivity contribution in [3.8, 4) is 0 Å². The van der Waals surface area contributed by atoms with Crippen LogP contribution in [0.5, 0.6) is 0 Å². The number of esters is 1. The van der Waals surface area contributed by atoms with E-state index < -0.39 is 11.4 Å². The van der Waals surface area contributed by atoms with Crippen LogP contribution in [0.2, 0.25) is 0 Å². The molecular weight excluding hydrogens is 272 g/mol. The number of amides is 2. The van der Waals surface area contributed by atoms with Crippen molar-refractivity contribution in [1.29, 1.82) is 0 Å². The normalized spacial score (nSPS) is 15.2. The van der Waals surface area contributed by atoms with Crippen LogP contribution in [-0.4, -0.2) is 35.6 Å². The molecule has 0 aromatic carbocycles. The largest absolute Gasteiger partial charge is 0.708 e. The number of nitrogens with one attached hydrogen (secondary N) is 1. The van der Waals surface area contributed by atoms with E-state index in [9.17, 15) is 14.8 Å². The first-order valence-electron chi connectivity index (χ1n) is 7.45. The zero-order chi connectivity index (χ0) is 16.6. The van der Waals surface area contributed by atoms with Crippen LogP contribution in [0.1, 0.15) is 54.4 Å². The summed E-state index contributed by atoms with van der Waals surface area (Å²) in [4.78, 5) is 23.5. The Hall–Kier alpha value is -1.59. The Labute approximate surface area is 127 Å². The van der Waals surface area contributed by atoms with Crippen LogP contribution >= 0.6 is 0 Å². The Morgan fingerprint density at radius 3 is 2.33 bits per heavy atom. The van der Waals surface area contributed by atoms with Crippen LogP contribution in [0, 0.1) is 16.5 Å². The zero-order valence-corrected chi connectivity index (χ0v) is 14.0. The summed E-state index contributed by atoms with van der Waals surface area (Å²) >= 11 is 0. The number of rotatable bonds is 7. The summed E-state index contributed by atoms with van der Waals surface area (Å²) in [7, 11) is 0. The minimum absolute atomic E-state index is 0.0614. The molecule has 0 heterocycles. The fourth-order valence-electron chi connectivity index (χ4n) is 1.64. The molecule has 0 aliphatic heterocycles. The Morgan fingerprint density at radius 1 is 1.33 bits per heavy atom. The van der Waals surface area contributed by atoms with E-state index in [2.05, 4.69) is 5.32 Å². The van der Waals surface area contributed by atoms with E-state index in [1.54, 1.807) is 13.8 Å². The molecule has 0 fully saturated rings.